The average Bonchev–Trinajstić information content (AvgIpc) is 3.23. The summed E-state index contributed by atoms with van der Waals surface area (Å²) in [4.78, 5) is 7.23. The minimum Gasteiger partial charge on any atom is -0.356 e. The van der Waals surface area contributed by atoms with Gasteiger partial charge in [0.25, 0.3) is 0 Å². The molecule has 0 spiro atoms. The minimum absolute atomic E-state index is 0.577. The average molecular weight is 423 g/mol. The van der Waals surface area contributed by atoms with E-state index in [1.54, 1.807) is 0 Å². The summed E-state index contributed by atoms with van der Waals surface area (Å²) in [7, 11) is 3.98. The van der Waals surface area contributed by atoms with E-state index in [0.29, 0.717) is 11.6 Å². The largest absolute Gasteiger partial charge is 0.356 e. The standard InChI is InChI=1S/C26H26N6/c1-28-22-9-11-32(12-10-22)26-14-23(19-5-3-18(15-27)4-6-19)24(16-29-26)20-7-8-21-17-31(2)30-25(21)13-20/h3-8,13-14,16-17,22,28H,9-12H2,1-2H3. The van der Waals surface area contributed by atoms with E-state index in [9.17, 15) is 5.26 Å². The Bertz CT molecular complexity index is 1290. The van der Waals surface area contributed by atoms with Crippen molar-refractivity contribution in [2.75, 3.05) is 25.0 Å². The van der Waals surface area contributed by atoms with Crippen molar-refractivity contribution in [2.24, 2.45) is 7.05 Å². The Morgan fingerprint density at radius 2 is 1.75 bits per heavy atom. The molecule has 1 aliphatic heterocycles. The topological polar surface area (TPSA) is 69.8 Å². The van der Waals surface area contributed by atoms with Gasteiger partial charge in [-0.15, -0.1) is 0 Å². The second-order valence-electron chi connectivity index (χ2n) is 8.40. The lowest BCUT2D eigenvalue weighted by Gasteiger charge is -2.33. The maximum Gasteiger partial charge on any atom is 0.129 e. The van der Waals surface area contributed by atoms with E-state index in [0.717, 1.165) is 64.9 Å². The van der Waals surface area contributed by atoms with Crippen molar-refractivity contribution in [1.82, 2.24) is 20.1 Å². The molecule has 2 aromatic heterocycles. The molecule has 32 heavy (non-hydrogen) atoms. The van der Waals surface area contributed by atoms with Crippen LogP contribution in [0.3, 0.4) is 0 Å². The first-order valence-corrected chi connectivity index (χ1v) is 11.0. The van der Waals surface area contributed by atoms with Crippen LogP contribution in [0.25, 0.3) is 33.2 Å². The fraction of sp³-hybridized carbons (Fsp3) is 0.269. The molecule has 6 nitrogen and oxygen atoms in total. The molecule has 0 amide bonds. The molecule has 0 unspecified atom stereocenters. The van der Waals surface area contributed by atoms with Crippen LogP contribution >= 0.6 is 0 Å². The van der Waals surface area contributed by atoms with Gasteiger partial charge in [0, 0.05) is 49.5 Å². The molecule has 5 rings (SSSR count). The second-order valence-corrected chi connectivity index (χ2v) is 8.40. The van der Waals surface area contributed by atoms with Crippen LogP contribution < -0.4 is 10.2 Å². The lowest BCUT2D eigenvalue weighted by Crippen LogP contribution is -2.41. The number of nitriles is 1. The van der Waals surface area contributed by atoms with E-state index in [1.165, 1.54) is 0 Å². The van der Waals surface area contributed by atoms with Gasteiger partial charge in [-0.05, 0) is 60.8 Å². The molecule has 0 radical (unpaired) electrons. The maximum atomic E-state index is 9.21. The Hall–Kier alpha value is -3.69. The molecule has 0 aliphatic carbocycles. The van der Waals surface area contributed by atoms with Gasteiger partial charge in [-0.1, -0.05) is 24.3 Å². The molecular formula is C26H26N6. The van der Waals surface area contributed by atoms with Crippen LogP contribution in [-0.2, 0) is 7.05 Å². The summed E-state index contributed by atoms with van der Waals surface area (Å²) < 4.78 is 1.84. The molecule has 1 aliphatic rings. The number of aryl methyl sites for hydroxylation is 1. The normalized spacial score (nSPS) is 14.6. The fourth-order valence-electron chi connectivity index (χ4n) is 4.51. The number of anilines is 1. The molecule has 6 heteroatoms. The number of hydrogen-bond acceptors (Lipinski definition) is 5. The summed E-state index contributed by atoms with van der Waals surface area (Å²) in [5.74, 6) is 1.00. The van der Waals surface area contributed by atoms with Gasteiger partial charge < -0.3 is 10.2 Å². The molecule has 160 valence electrons. The fourth-order valence-corrected chi connectivity index (χ4v) is 4.51. The SMILES string of the molecule is CNC1CCN(c2cc(-c3ccc(C#N)cc3)c(-c3ccc4cn(C)nc4c3)cn2)CC1. The molecule has 1 N–H and O–H groups in total. The van der Waals surface area contributed by atoms with E-state index in [2.05, 4.69) is 45.7 Å². The zero-order valence-electron chi connectivity index (χ0n) is 18.4. The van der Waals surface area contributed by atoms with E-state index in [-0.39, 0.29) is 0 Å². The van der Waals surface area contributed by atoms with E-state index >= 15 is 0 Å². The van der Waals surface area contributed by atoms with Crippen LogP contribution in [0, 0.1) is 11.3 Å². The monoisotopic (exact) mass is 422 g/mol. The molecule has 1 fully saturated rings. The molecular weight excluding hydrogens is 396 g/mol. The first-order chi connectivity index (χ1) is 15.6. The molecule has 1 saturated heterocycles. The molecule has 0 saturated carbocycles. The quantitative estimate of drug-likeness (QED) is 0.529. The maximum absolute atomic E-state index is 9.21. The third kappa shape index (κ3) is 3.83. The van der Waals surface area contributed by atoms with Crippen LogP contribution in [0.1, 0.15) is 18.4 Å². The van der Waals surface area contributed by atoms with Crippen LogP contribution in [0.4, 0.5) is 5.82 Å². The van der Waals surface area contributed by atoms with Crippen molar-refractivity contribution in [2.45, 2.75) is 18.9 Å². The number of hydrogen-bond donors (Lipinski definition) is 1. The summed E-state index contributed by atoms with van der Waals surface area (Å²) in [5.41, 5.74) is 5.97. The highest BCUT2D eigenvalue weighted by molar-refractivity contribution is 5.90. The minimum atomic E-state index is 0.577. The number of aromatic nitrogens is 3. The third-order valence-corrected chi connectivity index (χ3v) is 6.37. The third-order valence-electron chi connectivity index (χ3n) is 6.37. The number of nitrogens with zero attached hydrogens (tertiary/aromatic N) is 5. The van der Waals surface area contributed by atoms with Crippen molar-refractivity contribution in [3.8, 4) is 28.3 Å². The van der Waals surface area contributed by atoms with Gasteiger partial charge in [-0.2, -0.15) is 10.4 Å². The van der Waals surface area contributed by atoms with Crippen molar-refractivity contribution < 1.29 is 0 Å². The number of piperidine rings is 1. The second kappa shape index (κ2) is 8.45. The number of nitrogens with one attached hydrogen (secondary N) is 1. The zero-order valence-corrected chi connectivity index (χ0v) is 18.4. The summed E-state index contributed by atoms with van der Waals surface area (Å²) in [6, 6.07) is 19.1. The molecule has 4 aromatic rings. The lowest BCUT2D eigenvalue weighted by atomic mass is 9.95. The summed E-state index contributed by atoms with van der Waals surface area (Å²) in [5, 5.41) is 18.3. The number of rotatable bonds is 4. The number of benzene rings is 2. The zero-order chi connectivity index (χ0) is 22.1. The number of fused-ring (bicyclic) bond motifs is 1. The Morgan fingerprint density at radius 3 is 2.47 bits per heavy atom. The Kier molecular flexibility index (Phi) is 5.34. The van der Waals surface area contributed by atoms with Crippen molar-refractivity contribution in [3.63, 3.8) is 0 Å². The first-order valence-electron chi connectivity index (χ1n) is 11.0. The van der Waals surface area contributed by atoms with Crippen LogP contribution in [-0.4, -0.2) is 40.9 Å². The van der Waals surface area contributed by atoms with Crippen LogP contribution in [0.5, 0.6) is 0 Å². The Balaban J connectivity index is 1.59. The first kappa shape index (κ1) is 20.2. The van der Waals surface area contributed by atoms with Crippen LogP contribution in [0.15, 0.2) is 60.9 Å². The van der Waals surface area contributed by atoms with Gasteiger partial charge in [-0.25, -0.2) is 4.98 Å². The summed E-state index contributed by atoms with van der Waals surface area (Å²) in [6.07, 6.45) is 6.23. The lowest BCUT2D eigenvalue weighted by molar-refractivity contribution is 0.441. The van der Waals surface area contributed by atoms with Gasteiger partial charge in [0.15, 0.2) is 0 Å². The van der Waals surface area contributed by atoms with Crippen LogP contribution in [0.2, 0.25) is 0 Å². The predicted octanol–water partition coefficient (Wildman–Crippen LogP) is 4.36. The Labute approximate surface area is 188 Å². The highest BCUT2D eigenvalue weighted by Gasteiger charge is 2.20. The van der Waals surface area contributed by atoms with E-state index in [1.807, 2.05) is 55.4 Å². The van der Waals surface area contributed by atoms with Gasteiger partial charge in [0.05, 0.1) is 17.1 Å². The summed E-state index contributed by atoms with van der Waals surface area (Å²) >= 11 is 0. The molecule has 2 aromatic carbocycles. The van der Waals surface area contributed by atoms with Gasteiger partial charge in [0.1, 0.15) is 5.82 Å². The van der Waals surface area contributed by atoms with Crippen molar-refractivity contribution in [3.05, 3.63) is 66.5 Å². The van der Waals surface area contributed by atoms with Gasteiger partial charge in [0.2, 0.25) is 0 Å². The highest BCUT2D eigenvalue weighted by atomic mass is 15.2. The predicted molar refractivity (Wildman–Crippen MR) is 128 cm³/mol. The molecule has 0 bridgehead atoms. The molecule has 3 heterocycles. The van der Waals surface area contributed by atoms with E-state index < -0.39 is 0 Å². The van der Waals surface area contributed by atoms with Gasteiger partial charge >= 0.3 is 0 Å². The van der Waals surface area contributed by atoms with Gasteiger partial charge in [-0.3, -0.25) is 4.68 Å². The summed E-state index contributed by atoms with van der Waals surface area (Å²) in [6.45, 7) is 1.98. The Morgan fingerprint density at radius 1 is 1.00 bits per heavy atom. The van der Waals surface area contributed by atoms with E-state index in [4.69, 9.17) is 4.98 Å². The van der Waals surface area contributed by atoms with Crippen molar-refractivity contribution in [1.29, 1.82) is 5.26 Å². The smallest absolute Gasteiger partial charge is 0.129 e. The number of pyridine rings is 1. The molecule has 0 atom stereocenters. The van der Waals surface area contributed by atoms with Crippen molar-refractivity contribution >= 4 is 16.7 Å². The highest BCUT2D eigenvalue weighted by Crippen LogP contribution is 2.35.